The summed E-state index contributed by atoms with van der Waals surface area (Å²) >= 11 is 0. The molecule has 3 aliphatic heterocycles. The number of fused-ring (bicyclic) bond motifs is 2. The minimum absolute atomic E-state index is 0.0519. The Labute approximate surface area is 310 Å². The summed E-state index contributed by atoms with van der Waals surface area (Å²) in [7, 11) is 0. The molecule has 0 aliphatic carbocycles. The second-order valence-corrected chi connectivity index (χ2v) is 13.7. The van der Waals surface area contributed by atoms with E-state index in [2.05, 4.69) is 26.3 Å². The van der Waals surface area contributed by atoms with E-state index in [1.54, 1.807) is 25.1 Å². The average Bonchev–Trinajstić information content (AvgIpc) is 3.70. The van der Waals surface area contributed by atoms with Crippen LogP contribution >= 0.6 is 0 Å². The Hall–Kier alpha value is -5.83. The van der Waals surface area contributed by atoms with E-state index in [0.717, 1.165) is 43.4 Å². The molecule has 284 valence electrons. The molecule has 1 aromatic heterocycles. The number of nitrogens with zero attached hydrogens (tertiary/aromatic N) is 1. The number of imide groups is 1. The summed E-state index contributed by atoms with van der Waals surface area (Å²) < 4.78 is 19.5. The van der Waals surface area contributed by atoms with Gasteiger partial charge < -0.3 is 30.8 Å². The van der Waals surface area contributed by atoms with Crippen LogP contribution in [-0.2, 0) is 19.2 Å². The number of amides is 6. The Kier molecular flexibility index (Phi) is 11.6. The summed E-state index contributed by atoms with van der Waals surface area (Å²) in [6.45, 7) is 4.23. The van der Waals surface area contributed by atoms with Gasteiger partial charge in [-0.1, -0.05) is 37.8 Å². The van der Waals surface area contributed by atoms with Crippen molar-refractivity contribution in [3.8, 4) is 5.75 Å². The number of benzene rings is 2. The third kappa shape index (κ3) is 8.05. The molecule has 6 rings (SSSR count). The van der Waals surface area contributed by atoms with Crippen LogP contribution in [0.4, 0.5) is 10.1 Å². The van der Waals surface area contributed by atoms with Gasteiger partial charge in [-0.25, -0.2) is 4.39 Å². The summed E-state index contributed by atoms with van der Waals surface area (Å²) in [5, 5.41) is 21.5. The first-order chi connectivity index (χ1) is 25.9. The van der Waals surface area contributed by atoms with Gasteiger partial charge in [-0.3, -0.25) is 39.0 Å². The molecule has 2 unspecified atom stereocenters. The molecule has 15 heteroatoms. The quantitative estimate of drug-likeness (QED) is 0.0768. The Morgan fingerprint density at radius 3 is 2.44 bits per heavy atom. The van der Waals surface area contributed by atoms with Crippen molar-refractivity contribution in [3.05, 3.63) is 81.4 Å². The van der Waals surface area contributed by atoms with Crippen molar-refractivity contribution in [1.82, 2.24) is 25.8 Å². The summed E-state index contributed by atoms with van der Waals surface area (Å²) in [5.41, 5.74) is 4.19. The largest absolute Gasteiger partial charge is 0.483 e. The maximum Gasteiger partial charge on any atom is 0.261 e. The van der Waals surface area contributed by atoms with Crippen LogP contribution in [0, 0.1) is 19.7 Å². The van der Waals surface area contributed by atoms with Crippen LogP contribution in [0.3, 0.4) is 0 Å². The van der Waals surface area contributed by atoms with Gasteiger partial charge in [-0.05, 0) is 69.0 Å². The lowest BCUT2D eigenvalue weighted by Crippen LogP contribution is -2.53. The number of piperidine rings is 1. The third-order valence-electron chi connectivity index (χ3n) is 9.92. The van der Waals surface area contributed by atoms with Gasteiger partial charge in [0.2, 0.25) is 11.8 Å². The average molecular weight is 743 g/mol. The van der Waals surface area contributed by atoms with E-state index in [4.69, 9.17) is 4.74 Å². The van der Waals surface area contributed by atoms with Gasteiger partial charge in [-0.2, -0.15) is 0 Å². The highest BCUT2D eigenvalue weighted by Gasteiger charge is 2.45. The zero-order chi connectivity index (χ0) is 38.5. The minimum Gasteiger partial charge on any atom is -0.483 e. The van der Waals surface area contributed by atoms with Crippen molar-refractivity contribution >= 4 is 52.8 Å². The number of aryl methyl sites for hydroxylation is 1. The van der Waals surface area contributed by atoms with Gasteiger partial charge in [0.05, 0.1) is 16.7 Å². The first kappa shape index (κ1) is 37.9. The molecule has 0 saturated carbocycles. The minimum atomic E-state index is -1.38. The van der Waals surface area contributed by atoms with E-state index >= 15 is 0 Å². The number of halogens is 1. The molecule has 6 amide bonds. The van der Waals surface area contributed by atoms with Crippen LogP contribution in [0.25, 0.3) is 11.6 Å². The number of aromatic amines is 1. The highest BCUT2D eigenvalue weighted by Crippen LogP contribution is 2.40. The molecule has 14 nitrogen and oxygen atoms in total. The van der Waals surface area contributed by atoms with Crippen LogP contribution in [0.15, 0.2) is 36.4 Å². The van der Waals surface area contributed by atoms with Gasteiger partial charge >= 0.3 is 0 Å². The van der Waals surface area contributed by atoms with Crippen LogP contribution in [0.5, 0.6) is 5.75 Å². The predicted molar refractivity (Wildman–Crippen MR) is 195 cm³/mol. The second kappa shape index (κ2) is 16.5. The number of hydrogen-bond acceptors (Lipinski definition) is 8. The molecule has 54 heavy (non-hydrogen) atoms. The molecule has 4 heterocycles. The van der Waals surface area contributed by atoms with Gasteiger partial charge in [0.25, 0.3) is 23.6 Å². The van der Waals surface area contributed by atoms with Crippen molar-refractivity contribution in [1.29, 1.82) is 0 Å². The molecule has 0 radical (unpaired) electrons. The van der Waals surface area contributed by atoms with Crippen molar-refractivity contribution in [2.24, 2.45) is 0 Å². The molecular weight excluding hydrogens is 699 g/mol. The number of aliphatic hydroxyl groups is 1. The van der Waals surface area contributed by atoms with Crippen molar-refractivity contribution < 1.29 is 43.0 Å². The van der Waals surface area contributed by atoms with Crippen molar-refractivity contribution in [2.75, 3.05) is 25.0 Å². The lowest BCUT2D eigenvalue weighted by molar-refractivity contribution is -0.139. The number of H-pyrrole nitrogens is 1. The van der Waals surface area contributed by atoms with Gasteiger partial charge in [0.15, 0.2) is 12.8 Å². The van der Waals surface area contributed by atoms with E-state index in [-0.39, 0.29) is 54.0 Å². The number of aromatic nitrogens is 1. The number of hydrogen-bond donors (Lipinski definition) is 6. The SMILES string of the molecule is Cc1[nH]c(/C=C2\C(=O)Nc3ccc(F)cc32)c(C)c1C(=O)NCCCCCCCCNC(=O)COc1cccc2c1C(=O)N(C1CCC(=O)NC1=O)C2O. The summed E-state index contributed by atoms with van der Waals surface area (Å²) in [6, 6.07) is 7.79. The number of aliphatic hydroxyl groups excluding tert-OH is 1. The monoisotopic (exact) mass is 742 g/mol. The second-order valence-electron chi connectivity index (χ2n) is 13.7. The van der Waals surface area contributed by atoms with Gasteiger partial charge in [-0.15, -0.1) is 0 Å². The Morgan fingerprint density at radius 2 is 1.70 bits per heavy atom. The third-order valence-corrected chi connectivity index (χ3v) is 9.92. The van der Waals surface area contributed by atoms with Crippen LogP contribution in [0.1, 0.15) is 106 Å². The zero-order valence-electron chi connectivity index (χ0n) is 30.1. The Balaban J connectivity index is 0.861. The molecule has 0 spiro atoms. The number of anilines is 1. The first-order valence-corrected chi connectivity index (χ1v) is 18.1. The topological polar surface area (TPSA) is 199 Å². The highest BCUT2D eigenvalue weighted by atomic mass is 19.1. The zero-order valence-corrected chi connectivity index (χ0v) is 30.1. The molecule has 3 aliphatic rings. The van der Waals surface area contributed by atoms with Crippen LogP contribution in [0.2, 0.25) is 0 Å². The lowest BCUT2D eigenvalue weighted by Gasteiger charge is -2.31. The smallest absolute Gasteiger partial charge is 0.261 e. The molecule has 6 N–H and O–H groups in total. The number of carbonyl (C=O) groups excluding carboxylic acids is 6. The van der Waals surface area contributed by atoms with Crippen LogP contribution in [-0.4, -0.2) is 76.2 Å². The fourth-order valence-corrected chi connectivity index (χ4v) is 7.14. The first-order valence-electron chi connectivity index (χ1n) is 18.1. The van der Waals surface area contributed by atoms with Crippen molar-refractivity contribution in [3.63, 3.8) is 0 Å². The van der Waals surface area contributed by atoms with Gasteiger partial charge in [0, 0.05) is 47.7 Å². The Morgan fingerprint density at radius 1 is 0.981 bits per heavy atom. The fraction of sp³-hybridized carbons (Fsp3) is 0.385. The predicted octanol–water partition coefficient (Wildman–Crippen LogP) is 3.78. The molecule has 2 atom stereocenters. The van der Waals surface area contributed by atoms with E-state index in [1.165, 1.54) is 24.3 Å². The Bertz CT molecular complexity index is 2040. The van der Waals surface area contributed by atoms with E-state index in [1.807, 2.05) is 6.92 Å². The van der Waals surface area contributed by atoms with Crippen LogP contribution < -0.4 is 26.0 Å². The molecular formula is C39H43FN6O8. The molecule has 1 fully saturated rings. The van der Waals surface area contributed by atoms with Crippen molar-refractivity contribution in [2.45, 2.75) is 77.5 Å². The molecule has 1 saturated heterocycles. The van der Waals surface area contributed by atoms with E-state index in [9.17, 15) is 38.3 Å². The van der Waals surface area contributed by atoms with Gasteiger partial charge in [0.1, 0.15) is 17.6 Å². The number of carbonyl (C=O) groups is 6. The van der Waals surface area contributed by atoms with E-state index in [0.29, 0.717) is 52.4 Å². The number of rotatable bonds is 15. The summed E-state index contributed by atoms with van der Waals surface area (Å²) in [4.78, 5) is 79.4. The number of unbranched alkanes of at least 4 members (excludes halogenated alkanes) is 5. The molecule has 3 aromatic rings. The number of ether oxygens (including phenoxy) is 1. The maximum atomic E-state index is 13.8. The molecule has 2 aromatic carbocycles. The molecule has 0 bridgehead atoms. The summed E-state index contributed by atoms with van der Waals surface area (Å²) in [6.07, 6.45) is 5.72. The lowest BCUT2D eigenvalue weighted by atomic mass is 10.0. The summed E-state index contributed by atoms with van der Waals surface area (Å²) in [5.74, 6) is -2.91. The standard InChI is InChI=1S/C39H43FN6O8/c1-21-28(19-26-25-18-23(40)12-13-27(25)44-35(26)49)43-22(2)33(21)37(51)42-17-8-6-4-3-5-7-16-41-32(48)20-54-30-11-9-10-24-34(30)39(53)46(38(24)52)29-14-15-31(47)45-36(29)50/h9-13,18-19,29,38,43,52H,3-8,14-17,20H2,1-2H3,(H,41,48)(H,42,51)(H,44,49)(H,45,47,50)/b26-19-. The number of nitrogens with one attached hydrogen (secondary N) is 5. The highest BCUT2D eigenvalue weighted by molar-refractivity contribution is 6.35. The van der Waals surface area contributed by atoms with E-state index < -0.39 is 35.8 Å². The maximum absolute atomic E-state index is 13.8. The fourth-order valence-electron chi connectivity index (χ4n) is 7.14. The normalized spacial score (nSPS) is 18.4.